The number of aromatic nitrogens is 1. The Hall–Kier alpha value is -5.37. The van der Waals surface area contributed by atoms with E-state index in [0.29, 0.717) is 23.3 Å². The van der Waals surface area contributed by atoms with Gasteiger partial charge in [-0.05, 0) is 138 Å². The molecule has 0 spiro atoms. The molecule has 0 fully saturated rings. The summed E-state index contributed by atoms with van der Waals surface area (Å²) in [5.41, 5.74) is 7.70. The van der Waals surface area contributed by atoms with Crippen LogP contribution >= 0.6 is 0 Å². The van der Waals surface area contributed by atoms with Crippen LogP contribution in [0.2, 0.25) is 0 Å². The van der Waals surface area contributed by atoms with E-state index in [2.05, 4.69) is 15.0 Å². The number of pyridine rings is 1. The molecule has 5 rings (SSSR count). The van der Waals surface area contributed by atoms with Gasteiger partial charge in [0.1, 0.15) is 34.3 Å². The lowest BCUT2D eigenvalue weighted by molar-refractivity contribution is -0.157. The number of nitrogens with one attached hydrogen (secondary N) is 2. The second kappa shape index (κ2) is 16.4. The standard InChI is InChI=1S/C42H53N5O8S/c1-25-26(2)36(27(3)31-18-19-42(7,8)54-35(25)31)56(51,52)46-40(43)44-20-12-17-33(39(50)55-41(4,5)6)45-37(48)32-16-13-21-47(38(32)49)24-30-22-28-14-10-11-15-29(28)23-34(30)53-9/h10-11,13-16,21-23,33H,12,17-20,24H2,1-9H3,(H,45,48)(H3,43,44,46)/t33-/m0/s1. The van der Waals surface area contributed by atoms with Crippen molar-refractivity contribution in [3.05, 3.63) is 98.5 Å². The Balaban J connectivity index is 1.29. The quantitative estimate of drug-likeness (QED) is 0.0713. The van der Waals surface area contributed by atoms with Crippen molar-refractivity contribution in [3.8, 4) is 11.5 Å². The minimum Gasteiger partial charge on any atom is -0.496 e. The van der Waals surface area contributed by atoms with Gasteiger partial charge in [0, 0.05) is 18.3 Å². The zero-order valence-electron chi connectivity index (χ0n) is 33.7. The van der Waals surface area contributed by atoms with Crippen LogP contribution in [0.15, 0.2) is 69.4 Å². The molecule has 1 amide bonds. The van der Waals surface area contributed by atoms with Crippen LogP contribution in [-0.4, -0.2) is 61.7 Å². The number of esters is 1. The van der Waals surface area contributed by atoms with Crippen LogP contribution in [0.25, 0.3) is 10.8 Å². The summed E-state index contributed by atoms with van der Waals surface area (Å²) >= 11 is 0. The molecule has 56 heavy (non-hydrogen) atoms. The van der Waals surface area contributed by atoms with Crippen LogP contribution in [0, 0.1) is 20.8 Å². The van der Waals surface area contributed by atoms with E-state index in [1.54, 1.807) is 54.0 Å². The first-order valence-corrected chi connectivity index (χ1v) is 20.1. The number of rotatable bonds is 12. The Morgan fingerprint density at radius 3 is 2.38 bits per heavy atom. The van der Waals surface area contributed by atoms with E-state index in [1.165, 1.54) is 10.6 Å². The van der Waals surface area contributed by atoms with Gasteiger partial charge >= 0.3 is 5.97 Å². The van der Waals surface area contributed by atoms with E-state index < -0.39 is 39.1 Å². The molecule has 0 unspecified atom stereocenters. The lowest BCUT2D eigenvalue weighted by Gasteiger charge is -2.35. The molecule has 0 bridgehead atoms. The average Bonchev–Trinajstić information content (AvgIpc) is 3.10. The zero-order chi connectivity index (χ0) is 41.2. The Labute approximate surface area is 328 Å². The highest BCUT2D eigenvalue weighted by Gasteiger charge is 2.34. The Morgan fingerprint density at radius 1 is 1.04 bits per heavy atom. The fraction of sp³-hybridized carbons (Fsp3) is 0.429. The maximum atomic E-state index is 13.7. The zero-order valence-corrected chi connectivity index (χ0v) is 34.5. The topological polar surface area (TPSA) is 180 Å². The molecule has 4 aromatic rings. The molecule has 0 saturated carbocycles. The summed E-state index contributed by atoms with van der Waals surface area (Å²) < 4.78 is 48.6. The van der Waals surface area contributed by atoms with Crippen LogP contribution < -0.4 is 30.8 Å². The minimum absolute atomic E-state index is 0.0271. The number of amides is 1. The molecule has 1 aromatic heterocycles. The molecular formula is C42H53N5O8S. The van der Waals surface area contributed by atoms with Gasteiger partial charge in [-0.3, -0.25) is 14.6 Å². The number of nitrogens with two attached hydrogens (primary N) is 1. The van der Waals surface area contributed by atoms with Gasteiger partial charge < -0.3 is 29.8 Å². The first-order chi connectivity index (χ1) is 26.2. The van der Waals surface area contributed by atoms with Gasteiger partial charge in [-0.1, -0.05) is 24.3 Å². The van der Waals surface area contributed by atoms with Crippen molar-refractivity contribution in [2.45, 2.75) is 110 Å². The van der Waals surface area contributed by atoms with Crippen LogP contribution in [0.1, 0.15) is 92.1 Å². The lowest BCUT2D eigenvalue weighted by Crippen LogP contribution is -2.46. The number of sulfonamides is 1. The average molecular weight is 788 g/mol. The molecule has 3 aromatic carbocycles. The summed E-state index contributed by atoms with van der Waals surface area (Å²) in [6.45, 7) is 14.7. The maximum absolute atomic E-state index is 13.7. The van der Waals surface area contributed by atoms with Gasteiger partial charge in [0.05, 0.1) is 18.6 Å². The normalized spacial score (nSPS) is 14.7. The highest BCUT2D eigenvalue weighted by atomic mass is 32.2. The molecule has 0 radical (unpaired) electrons. The monoisotopic (exact) mass is 787 g/mol. The first-order valence-electron chi connectivity index (χ1n) is 18.6. The number of nitrogens with zero attached hydrogens (tertiary/aromatic N) is 2. The minimum atomic E-state index is -4.11. The summed E-state index contributed by atoms with van der Waals surface area (Å²) in [7, 11) is -2.55. The number of guanidine groups is 1. The van der Waals surface area contributed by atoms with Crippen molar-refractivity contribution in [1.82, 2.24) is 14.6 Å². The van der Waals surface area contributed by atoms with Crippen LogP contribution in [-0.2, 0) is 32.5 Å². The predicted octanol–water partition coefficient (Wildman–Crippen LogP) is 5.60. The van der Waals surface area contributed by atoms with Crippen molar-refractivity contribution >= 4 is 38.6 Å². The molecular weight excluding hydrogens is 735 g/mol. The number of carbonyl (C=O) groups excluding carboxylic acids is 2. The third-order valence-corrected chi connectivity index (χ3v) is 11.5. The van der Waals surface area contributed by atoms with Gasteiger partial charge in [-0.25, -0.2) is 17.9 Å². The number of methoxy groups -OCH3 is 1. The number of benzene rings is 3. The molecule has 1 atom stereocenters. The molecule has 300 valence electrons. The highest BCUT2D eigenvalue weighted by Crippen LogP contribution is 2.42. The fourth-order valence-corrected chi connectivity index (χ4v) is 8.45. The van der Waals surface area contributed by atoms with Crippen molar-refractivity contribution in [2.75, 3.05) is 13.7 Å². The number of hydrogen-bond donors (Lipinski definition) is 3. The summed E-state index contributed by atoms with van der Waals surface area (Å²) in [4.78, 5) is 44.9. The Kier molecular flexibility index (Phi) is 12.2. The fourth-order valence-electron chi connectivity index (χ4n) is 6.92. The van der Waals surface area contributed by atoms with E-state index in [1.807, 2.05) is 57.2 Å². The largest absolute Gasteiger partial charge is 0.496 e. The van der Waals surface area contributed by atoms with Crippen LogP contribution in [0.3, 0.4) is 0 Å². The maximum Gasteiger partial charge on any atom is 0.329 e. The summed E-state index contributed by atoms with van der Waals surface area (Å²) in [6.07, 6.45) is 3.29. The van der Waals surface area contributed by atoms with E-state index in [4.69, 9.17) is 19.9 Å². The lowest BCUT2D eigenvalue weighted by atomic mass is 9.88. The number of hydrogen-bond acceptors (Lipinski definition) is 9. The molecule has 2 heterocycles. The third-order valence-electron chi connectivity index (χ3n) is 9.86. The molecule has 0 aliphatic carbocycles. The summed E-state index contributed by atoms with van der Waals surface area (Å²) in [5, 5.41) is 4.64. The predicted molar refractivity (Wildman–Crippen MR) is 217 cm³/mol. The van der Waals surface area contributed by atoms with Crippen LogP contribution in [0.4, 0.5) is 0 Å². The first kappa shape index (κ1) is 41.8. The van der Waals surface area contributed by atoms with Crippen molar-refractivity contribution in [2.24, 2.45) is 10.7 Å². The molecule has 13 nitrogen and oxygen atoms in total. The molecule has 4 N–H and O–H groups in total. The number of fused-ring (bicyclic) bond motifs is 2. The summed E-state index contributed by atoms with van der Waals surface area (Å²) in [5.74, 6) is -0.432. The van der Waals surface area contributed by atoms with E-state index in [0.717, 1.165) is 39.6 Å². The number of ether oxygens (including phenoxy) is 3. The van der Waals surface area contributed by atoms with Crippen molar-refractivity contribution < 1.29 is 32.2 Å². The number of aliphatic imine (C=N–C) groups is 1. The highest BCUT2D eigenvalue weighted by molar-refractivity contribution is 7.90. The van der Waals surface area contributed by atoms with Crippen molar-refractivity contribution in [1.29, 1.82) is 0 Å². The van der Waals surface area contributed by atoms with Gasteiger partial charge in [0.15, 0.2) is 0 Å². The van der Waals surface area contributed by atoms with Crippen LogP contribution in [0.5, 0.6) is 11.5 Å². The molecule has 0 saturated heterocycles. The smallest absolute Gasteiger partial charge is 0.329 e. The van der Waals surface area contributed by atoms with Gasteiger partial charge in [-0.2, -0.15) is 0 Å². The van der Waals surface area contributed by atoms with Gasteiger partial charge in [-0.15, -0.1) is 0 Å². The molecule has 1 aliphatic heterocycles. The Bertz CT molecular complexity index is 2360. The Morgan fingerprint density at radius 2 is 1.71 bits per heavy atom. The van der Waals surface area contributed by atoms with Gasteiger partial charge in [0.25, 0.3) is 21.5 Å². The SMILES string of the molecule is COc1cc2ccccc2cc1Cn1cccc(C(=O)N[C@@H](CCCN=C(N)NS(=O)(=O)c2c(C)c(C)c3c(c2C)CCC(C)(C)O3)C(=O)OC(C)(C)C)c1=O. The second-order valence-corrected chi connectivity index (χ2v) is 17.4. The second-order valence-electron chi connectivity index (χ2n) is 15.8. The third kappa shape index (κ3) is 9.52. The van der Waals surface area contributed by atoms with E-state index in [-0.39, 0.29) is 48.0 Å². The molecule has 14 heteroatoms. The van der Waals surface area contributed by atoms with E-state index >= 15 is 0 Å². The number of carbonyl (C=O) groups is 2. The van der Waals surface area contributed by atoms with E-state index in [9.17, 15) is 22.8 Å². The van der Waals surface area contributed by atoms with Gasteiger partial charge in [0.2, 0.25) is 5.96 Å². The molecule has 1 aliphatic rings. The van der Waals surface area contributed by atoms with Crippen molar-refractivity contribution in [3.63, 3.8) is 0 Å². The summed E-state index contributed by atoms with van der Waals surface area (Å²) in [6, 6.07) is 13.5.